The molecule has 1 aliphatic heterocycles. The van der Waals surface area contributed by atoms with Gasteiger partial charge in [-0.25, -0.2) is 0 Å². The molecule has 0 amide bonds. The smallest absolute Gasteiger partial charge is 0.0838 e. The fraction of sp³-hybridized carbons (Fsp3) is 0.571. The third-order valence-electron chi connectivity index (χ3n) is 3.11. The van der Waals surface area contributed by atoms with Crippen molar-refractivity contribution in [2.24, 2.45) is 5.73 Å². The largest absolute Gasteiger partial charge is 0.376 e. The van der Waals surface area contributed by atoms with Crippen LogP contribution in [0.25, 0.3) is 0 Å². The first-order chi connectivity index (χ1) is 8.40. The van der Waals surface area contributed by atoms with E-state index in [9.17, 15) is 0 Å². The maximum absolute atomic E-state index is 5.95. The van der Waals surface area contributed by atoms with E-state index in [0.29, 0.717) is 13.2 Å². The molecule has 0 spiro atoms. The molecule has 0 saturated carbocycles. The van der Waals surface area contributed by atoms with E-state index < -0.39 is 0 Å². The first-order valence-electron chi connectivity index (χ1n) is 6.38. The van der Waals surface area contributed by atoms with Crippen molar-refractivity contribution < 1.29 is 9.47 Å². The van der Waals surface area contributed by atoms with Crippen LogP contribution in [0.2, 0.25) is 0 Å². The van der Waals surface area contributed by atoms with Crippen molar-refractivity contribution in [2.45, 2.75) is 31.5 Å². The summed E-state index contributed by atoms with van der Waals surface area (Å²) in [4.78, 5) is 0. The Hall–Kier alpha value is -0.900. The first kappa shape index (κ1) is 12.6. The molecule has 0 aromatic heterocycles. The van der Waals surface area contributed by atoms with Crippen LogP contribution in [0.4, 0.5) is 0 Å². The standard InChI is InChI=1S/C14H21NO2/c15-9-8-14(12-5-2-1-3-6-12)17-11-13-7-4-10-16-13/h1-3,5-6,13-14H,4,7-11,15H2. The van der Waals surface area contributed by atoms with E-state index in [1.807, 2.05) is 18.2 Å². The van der Waals surface area contributed by atoms with Gasteiger partial charge >= 0.3 is 0 Å². The Labute approximate surface area is 103 Å². The number of hydrogen-bond acceptors (Lipinski definition) is 3. The fourth-order valence-electron chi connectivity index (χ4n) is 2.16. The van der Waals surface area contributed by atoms with Crippen molar-refractivity contribution >= 4 is 0 Å². The minimum Gasteiger partial charge on any atom is -0.376 e. The Morgan fingerprint density at radius 3 is 2.82 bits per heavy atom. The summed E-state index contributed by atoms with van der Waals surface area (Å²) in [5.74, 6) is 0. The van der Waals surface area contributed by atoms with Crippen LogP contribution in [0, 0.1) is 0 Å². The summed E-state index contributed by atoms with van der Waals surface area (Å²) in [6.07, 6.45) is 3.51. The van der Waals surface area contributed by atoms with E-state index in [0.717, 1.165) is 25.9 Å². The second-order valence-electron chi connectivity index (χ2n) is 4.45. The van der Waals surface area contributed by atoms with Gasteiger partial charge in [0.05, 0.1) is 18.8 Å². The van der Waals surface area contributed by atoms with Gasteiger partial charge in [-0.05, 0) is 31.4 Å². The van der Waals surface area contributed by atoms with Crippen molar-refractivity contribution in [3.8, 4) is 0 Å². The molecule has 1 fully saturated rings. The van der Waals surface area contributed by atoms with E-state index in [-0.39, 0.29) is 12.2 Å². The average molecular weight is 235 g/mol. The lowest BCUT2D eigenvalue weighted by Gasteiger charge is -2.19. The lowest BCUT2D eigenvalue weighted by Crippen LogP contribution is -2.18. The van der Waals surface area contributed by atoms with E-state index in [1.165, 1.54) is 5.56 Å². The van der Waals surface area contributed by atoms with Crippen LogP contribution in [-0.4, -0.2) is 25.9 Å². The van der Waals surface area contributed by atoms with Crippen LogP contribution < -0.4 is 5.73 Å². The highest BCUT2D eigenvalue weighted by molar-refractivity contribution is 5.17. The number of nitrogens with two attached hydrogens (primary N) is 1. The minimum atomic E-state index is 0.102. The van der Waals surface area contributed by atoms with E-state index >= 15 is 0 Å². The number of benzene rings is 1. The van der Waals surface area contributed by atoms with Gasteiger partial charge in [0, 0.05) is 6.61 Å². The van der Waals surface area contributed by atoms with Crippen LogP contribution in [0.5, 0.6) is 0 Å². The summed E-state index contributed by atoms with van der Waals surface area (Å²) >= 11 is 0. The van der Waals surface area contributed by atoms with Crippen molar-refractivity contribution in [3.63, 3.8) is 0 Å². The normalized spacial score (nSPS) is 21.6. The Bertz CT molecular complexity index is 309. The van der Waals surface area contributed by atoms with Gasteiger partial charge in [0.1, 0.15) is 0 Å². The van der Waals surface area contributed by atoms with Crippen LogP contribution in [-0.2, 0) is 9.47 Å². The van der Waals surface area contributed by atoms with Gasteiger partial charge in [0.15, 0.2) is 0 Å². The van der Waals surface area contributed by atoms with Crippen molar-refractivity contribution in [3.05, 3.63) is 35.9 Å². The molecule has 94 valence electrons. The molecule has 1 aromatic carbocycles. The molecule has 1 aromatic rings. The highest BCUT2D eigenvalue weighted by atomic mass is 16.5. The zero-order valence-corrected chi connectivity index (χ0v) is 10.2. The van der Waals surface area contributed by atoms with Crippen molar-refractivity contribution in [2.75, 3.05) is 19.8 Å². The highest BCUT2D eigenvalue weighted by Gasteiger charge is 2.18. The van der Waals surface area contributed by atoms with Crippen LogP contribution in [0.1, 0.15) is 30.9 Å². The summed E-state index contributed by atoms with van der Waals surface area (Å²) in [7, 11) is 0. The number of rotatable bonds is 6. The van der Waals surface area contributed by atoms with E-state index in [1.54, 1.807) is 0 Å². The van der Waals surface area contributed by atoms with Crippen LogP contribution in [0.15, 0.2) is 30.3 Å². The summed E-state index contributed by atoms with van der Waals surface area (Å²) in [6, 6.07) is 10.3. The SMILES string of the molecule is NCCC(OCC1CCCO1)c1ccccc1. The van der Waals surface area contributed by atoms with Gasteiger partial charge in [-0.3, -0.25) is 0 Å². The van der Waals surface area contributed by atoms with E-state index in [4.69, 9.17) is 15.2 Å². The van der Waals surface area contributed by atoms with Crippen LogP contribution >= 0.6 is 0 Å². The molecule has 0 bridgehead atoms. The number of hydrogen-bond donors (Lipinski definition) is 1. The van der Waals surface area contributed by atoms with Gasteiger partial charge in [-0.1, -0.05) is 30.3 Å². The summed E-state index contributed by atoms with van der Waals surface area (Å²) in [5, 5.41) is 0. The lowest BCUT2D eigenvalue weighted by atomic mass is 10.1. The Morgan fingerprint density at radius 2 is 2.18 bits per heavy atom. The molecule has 2 rings (SSSR count). The molecule has 2 N–H and O–H groups in total. The molecular weight excluding hydrogens is 214 g/mol. The Morgan fingerprint density at radius 1 is 1.35 bits per heavy atom. The van der Waals surface area contributed by atoms with Gasteiger partial charge in [0.25, 0.3) is 0 Å². The summed E-state index contributed by atoms with van der Waals surface area (Å²) in [6.45, 7) is 2.20. The molecule has 0 aliphatic carbocycles. The van der Waals surface area contributed by atoms with Gasteiger partial charge in [0.2, 0.25) is 0 Å². The quantitative estimate of drug-likeness (QED) is 0.822. The molecule has 1 aliphatic rings. The molecule has 1 heterocycles. The van der Waals surface area contributed by atoms with Gasteiger partial charge in [-0.15, -0.1) is 0 Å². The molecule has 17 heavy (non-hydrogen) atoms. The Balaban J connectivity index is 1.88. The Kier molecular flexibility index (Phi) is 4.98. The molecule has 2 unspecified atom stereocenters. The predicted octanol–water partition coefficient (Wildman–Crippen LogP) is 2.27. The molecule has 0 radical (unpaired) electrons. The van der Waals surface area contributed by atoms with Crippen LogP contribution in [0.3, 0.4) is 0 Å². The topological polar surface area (TPSA) is 44.5 Å². The maximum atomic E-state index is 5.95. The molecule has 1 saturated heterocycles. The predicted molar refractivity (Wildman–Crippen MR) is 67.8 cm³/mol. The van der Waals surface area contributed by atoms with Crippen molar-refractivity contribution in [1.82, 2.24) is 0 Å². The minimum absolute atomic E-state index is 0.102. The molecule has 3 nitrogen and oxygen atoms in total. The second kappa shape index (κ2) is 6.74. The average Bonchev–Trinajstić information content (AvgIpc) is 2.88. The molecule has 2 atom stereocenters. The second-order valence-corrected chi connectivity index (χ2v) is 4.45. The first-order valence-corrected chi connectivity index (χ1v) is 6.38. The third-order valence-corrected chi connectivity index (χ3v) is 3.11. The van der Waals surface area contributed by atoms with E-state index in [2.05, 4.69) is 12.1 Å². The highest BCUT2D eigenvalue weighted by Crippen LogP contribution is 2.22. The van der Waals surface area contributed by atoms with Crippen molar-refractivity contribution in [1.29, 1.82) is 0 Å². The zero-order valence-electron chi connectivity index (χ0n) is 10.2. The monoisotopic (exact) mass is 235 g/mol. The maximum Gasteiger partial charge on any atom is 0.0838 e. The zero-order chi connectivity index (χ0) is 11.9. The lowest BCUT2D eigenvalue weighted by molar-refractivity contribution is -0.0235. The molecular formula is C14H21NO2. The third kappa shape index (κ3) is 3.80. The number of ether oxygens (including phenoxy) is 2. The summed E-state index contributed by atoms with van der Waals surface area (Å²) < 4.78 is 11.5. The van der Waals surface area contributed by atoms with Gasteiger partial charge < -0.3 is 15.2 Å². The molecule has 3 heteroatoms. The van der Waals surface area contributed by atoms with Gasteiger partial charge in [-0.2, -0.15) is 0 Å². The summed E-state index contributed by atoms with van der Waals surface area (Å²) in [5.41, 5.74) is 6.84. The fourth-order valence-corrected chi connectivity index (χ4v) is 2.16.